The molecule has 10 heteroatoms. The Bertz CT molecular complexity index is 1290. The highest BCUT2D eigenvalue weighted by molar-refractivity contribution is 5.90. The van der Waals surface area contributed by atoms with E-state index < -0.39 is 23.6 Å². The molecule has 2 aliphatic carbocycles. The number of nitrogens with zero attached hydrogens (tertiary/aromatic N) is 4. The topological polar surface area (TPSA) is 62.6 Å². The van der Waals surface area contributed by atoms with Gasteiger partial charge < -0.3 is 15.1 Å². The Morgan fingerprint density at radius 3 is 2.54 bits per heavy atom. The molecule has 220 valence electrons. The molecular weight excluding hydrogens is 534 g/mol. The minimum atomic E-state index is -4.86. The second-order valence-corrected chi connectivity index (χ2v) is 11.6. The number of piperazine rings is 1. The van der Waals surface area contributed by atoms with Gasteiger partial charge in [-0.25, -0.2) is 9.18 Å². The van der Waals surface area contributed by atoms with E-state index in [2.05, 4.69) is 28.1 Å². The predicted octanol–water partition coefficient (Wildman–Crippen LogP) is 6.30. The van der Waals surface area contributed by atoms with Crippen molar-refractivity contribution in [3.8, 4) is 6.07 Å². The number of hydrogen-bond acceptors (Lipinski definition) is 4. The molecule has 2 aromatic rings. The zero-order valence-corrected chi connectivity index (χ0v) is 23.4. The van der Waals surface area contributed by atoms with Gasteiger partial charge in [0.15, 0.2) is 0 Å². The third-order valence-corrected chi connectivity index (χ3v) is 9.14. The Morgan fingerprint density at radius 1 is 1.12 bits per heavy atom. The summed E-state index contributed by atoms with van der Waals surface area (Å²) in [7, 11) is 0. The highest BCUT2D eigenvalue weighted by Gasteiger charge is 2.63. The minimum absolute atomic E-state index is 0.0805. The predicted molar refractivity (Wildman–Crippen MR) is 149 cm³/mol. The van der Waals surface area contributed by atoms with Crippen molar-refractivity contribution in [2.75, 3.05) is 51.1 Å². The maximum atomic E-state index is 13.9. The Balaban J connectivity index is 1.36. The van der Waals surface area contributed by atoms with Crippen LogP contribution in [-0.4, -0.2) is 72.6 Å². The molecule has 1 aliphatic heterocycles. The van der Waals surface area contributed by atoms with Crippen molar-refractivity contribution in [1.82, 2.24) is 14.7 Å². The van der Waals surface area contributed by atoms with Crippen LogP contribution < -0.4 is 5.32 Å². The Hall–Kier alpha value is -3.16. The summed E-state index contributed by atoms with van der Waals surface area (Å²) in [6, 6.07) is 11.9. The number of amides is 2. The molecule has 3 fully saturated rings. The monoisotopic (exact) mass is 571 g/mol. The smallest absolute Gasteiger partial charge is 0.320 e. The number of hydrogen-bond donors (Lipinski definition) is 1. The van der Waals surface area contributed by atoms with E-state index in [1.165, 1.54) is 6.07 Å². The van der Waals surface area contributed by atoms with E-state index in [0.29, 0.717) is 24.7 Å². The lowest BCUT2D eigenvalue weighted by molar-refractivity contribution is -0.139. The molecule has 41 heavy (non-hydrogen) atoms. The zero-order valence-electron chi connectivity index (χ0n) is 23.4. The molecule has 3 atom stereocenters. The van der Waals surface area contributed by atoms with Crippen LogP contribution >= 0.6 is 0 Å². The van der Waals surface area contributed by atoms with Crippen molar-refractivity contribution < 1.29 is 22.4 Å². The first kappa shape index (κ1) is 29.3. The van der Waals surface area contributed by atoms with Crippen LogP contribution in [0.5, 0.6) is 0 Å². The summed E-state index contributed by atoms with van der Waals surface area (Å²) < 4.78 is 54.0. The molecule has 3 aliphatic rings. The zero-order chi connectivity index (χ0) is 29.2. The van der Waals surface area contributed by atoms with Gasteiger partial charge in [-0.05, 0) is 79.5 Å². The average Bonchev–Trinajstić information content (AvgIpc) is 3.54. The fraction of sp³-hybridized carbons (Fsp3) is 0.548. The summed E-state index contributed by atoms with van der Waals surface area (Å²) in [5, 5.41) is 12.0. The van der Waals surface area contributed by atoms with Crippen LogP contribution in [-0.2, 0) is 6.18 Å². The minimum Gasteiger partial charge on any atom is -0.320 e. The number of benzene rings is 2. The molecule has 0 aromatic heterocycles. The molecule has 1 unspecified atom stereocenters. The van der Waals surface area contributed by atoms with E-state index in [9.17, 15) is 27.6 Å². The summed E-state index contributed by atoms with van der Waals surface area (Å²) in [6.07, 6.45) is -0.139. The van der Waals surface area contributed by atoms with Gasteiger partial charge in [0.1, 0.15) is 5.82 Å². The fourth-order valence-corrected chi connectivity index (χ4v) is 7.00. The number of carbonyl (C=O) groups is 1. The van der Waals surface area contributed by atoms with Crippen molar-refractivity contribution in [2.24, 2.45) is 5.41 Å². The molecule has 0 bridgehead atoms. The molecule has 6 nitrogen and oxygen atoms in total. The van der Waals surface area contributed by atoms with Crippen molar-refractivity contribution in [2.45, 2.75) is 57.2 Å². The third kappa shape index (κ3) is 6.36. The van der Waals surface area contributed by atoms with E-state index in [0.717, 1.165) is 76.5 Å². The first-order valence-electron chi connectivity index (χ1n) is 14.5. The summed E-state index contributed by atoms with van der Waals surface area (Å²) in [4.78, 5) is 20.4. The quantitative estimate of drug-likeness (QED) is 0.378. The molecule has 0 radical (unpaired) electrons. The van der Waals surface area contributed by atoms with Gasteiger partial charge >= 0.3 is 12.2 Å². The Kier molecular flexibility index (Phi) is 8.57. The number of anilines is 1. The maximum absolute atomic E-state index is 13.9. The van der Waals surface area contributed by atoms with Crippen LogP contribution in [0.25, 0.3) is 0 Å². The Labute approximate surface area is 238 Å². The first-order valence-corrected chi connectivity index (χ1v) is 14.5. The molecule has 1 saturated heterocycles. The van der Waals surface area contributed by atoms with Crippen LogP contribution in [0.15, 0.2) is 42.5 Å². The molecule has 5 rings (SSSR count). The molecule has 2 saturated carbocycles. The van der Waals surface area contributed by atoms with Crippen molar-refractivity contribution >= 4 is 11.7 Å². The highest BCUT2D eigenvalue weighted by atomic mass is 19.4. The van der Waals surface area contributed by atoms with E-state index in [4.69, 9.17) is 0 Å². The van der Waals surface area contributed by atoms with Gasteiger partial charge in [0, 0.05) is 51.0 Å². The van der Waals surface area contributed by atoms with Crippen LogP contribution in [0, 0.1) is 22.6 Å². The first-order chi connectivity index (χ1) is 19.6. The van der Waals surface area contributed by atoms with E-state index in [1.54, 1.807) is 6.07 Å². The van der Waals surface area contributed by atoms with Crippen LogP contribution in [0.4, 0.5) is 28.0 Å². The van der Waals surface area contributed by atoms with Crippen LogP contribution in [0.2, 0.25) is 0 Å². The SMILES string of the molecule is CCCN1CCN(CCN(C(=O)Nc2ccc(F)c(C(F)(F)F)c2)[C@@H]2CCC[C@]23CC3c2cccc(C#N)c2)CC1. The van der Waals surface area contributed by atoms with Crippen LogP contribution in [0.3, 0.4) is 0 Å². The lowest BCUT2D eigenvalue weighted by Crippen LogP contribution is -2.52. The second kappa shape index (κ2) is 12.0. The van der Waals surface area contributed by atoms with E-state index in [1.807, 2.05) is 23.1 Å². The van der Waals surface area contributed by atoms with Gasteiger partial charge in [-0.2, -0.15) is 18.4 Å². The molecule has 1 heterocycles. The van der Waals surface area contributed by atoms with Crippen molar-refractivity contribution in [1.29, 1.82) is 5.26 Å². The lowest BCUT2D eigenvalue weighted by atomic mass is 9.92. The summed E-state index contributed by atoms with van der Waals surface area (Å²) in [6.45, 7) is 8.11. The average molecular weight is 572 g/mol. The molecule has 1 spiro atoms. The Morgan fingerprint density at radius 2 is 1.85 bits per heavy atom. The largest absolute Gasteiger partial charge is 0.419 e. The van der Waals surface area contributed by atoms with E-state index >= 15 is 0 Å². The maximum Gasteiger partial charge on any atom is 0.419 e. The molecule has 1 N–H and O–H groups in total. The van der Waals surface area contributed by atoms with Gasteiger partial charge in [0.05, 0.1) is 17.2 Å². The van der Waals surface area contributed by atoms with Gasteiger partial charge in [-0.3, -0.25) is 4.90 Å². The molecule has 2 amide bonds. The number of halogens is 4. The summed E-state index contributed by atoms with van der Waals surface area (Å²) >= 11 is 0. The van der Waals surface area contributed by atoms with Gasteiger partial charge in [0.2, 0.25) is 0 Å². The number of nitriles is 1. The van der Waals surface area contributed by atoms with Gasteiger partial charge in [-0.15, -0.1) is 0 Å². The molecular formula is C31H37F4N5O. The van der Waals surface area contributed by atoms with Crippen molar-refractivity contribution in [3.63, 3.8) is 0 Å². The lowest BCUT2D eigenvalue weighted by Gasteiger charge is -2.38. The number of carbonyl (C=O) groups excluding carboxylic acids is 1. The number of rotatable bonds is 8. The standard InChI is InChI=1S/C31H37F4N5O/c1-2-11-38-12-14-39(15-13-38)16-17-40(29(41)37-24-8-9-27(32)25(19-24)31(33,34)35)28-7-4-10-30(28)20-26(30)23-6-3-5-22(18-23)21-36/h3,5-6,8-9,18-19,26,28H,2,4,7,10-17,20H2,1H3,(H,37,41)/t26?,28-,30-/m1/s1. The normalized spacial score (nSPS) is 24.8. The van der Waals surface area contributed by atoms with E-state index in [-0.39, 0.29) is 23.1 Å². The molecule has 2 aromatic carbocycles. The summed E-state index contributed by atoms with van der Waals surface area (Å²) in [5.41, 5.74) is 0.0988. The highest BCUT2D eigenvalue weighted by Crippen LogP contribution is 2.68. The summed E-state index contributed by atoms with van der Waals surface area (Å²) in [5.74, 6) is -1.15. The number of urea groups is 1. The second-order valence-electron chi connectivity index (χ2n) is 11.6. The number of nitrogens with one attached hydrogen (secondary N) is 1. The fourth-order valence-electron chi connectivity index (χ4n) is 7.00. The van der Waals surface area contributed by atoms with Gasteiger partial charge in [-0.1, -0.05) is 25.5 Å². The van der Waals surface area contributed by atoms with Crippen LogP contribution in [0.1, 0.15) is 61.6 Å². The van der Waals surface area contributed by atoms with Crippen molar-refractivity contribution in [3.05, 3.63) is 65.0 Å². The third-order valence-electron chi connectivity index (χ3n) is 9.14. The van der Waals surface area contributed by atoms with Gasteiger partial charge in [0.25, 0.3) is 0 Å². The number of alkyl halides is 3.